The molecule has 206 valence electrons. The van der Waals surface area contributed by atoms with E-state index in [0.29, 0.717) is 35.8 Å². The summed E-state index contributed by atoms with van der Waals surface area (Å²) in [5.74, 6) is -0.0493. The number of hydrogen-bond donors (Lipinski definition) is 1. The predicted molar refractivity (Wildman–Crippen MR) is 150 cm³/mol. The molecular weight excluding hydrogens is 511 g/mol. The lowest BCUT2D eigenvalue weighted by molar-refractivity contribution is -0.117. The number of carbonyl (C=O) groups is 2. The average molecular weight is 543 g/mol. The third-order valence-corrected chi connectivity index (χ3v) is 6.89. The molecule has 1 fully saturated rings. The van der Waals surface area contributed by atoms with Gasteiger partial charge in [-0.05, 0) is 79.9 Å². The van der Waals surface area contributed by atoms with E-state index in [1.54, 1.807) is 36.1 Å². The van der Waals surface area contributed by atoms with E-state index in [2.05, 4.69) is 10.3 Å². The van der Waals surface area contributed by atoms with Gasteiger partial charge in [0, 0.05) is 36.2 Å². The van der Waals surface area contributed by atoms with Gasteiger partial charge in [-0.1, -0.05) is 18.2 Å². The summed E-state index contributed by atoms with van der Waals surface area (Å²) in [5.41, 5.74) is 3.42. The van der Waals surface area contributed by atoms with Crippen LogP contribution >= 0.6 is 0 Å². The highest BCUT2D eigenvalue weighted by molar-refractivity contribution is 6.00. The first kappa shape index (κ1) is 27.1. The lowest BCUT2D eigenvalue weighted by Gasteiger charge is -2.25. The summed E-state index contributed by atoms with van der Waals surface area (Å²) >= 11 is 0. The molecule has 1 aliphatic rings. The van der Waals surface area contributed by atoms with E-state index in [4.69, 9.17) is 9.47 Å². The van der Waals surface area contributed by atoms with Gasteiger partial charge in [-0.25, -0.2) is 9.37 Å². The Morgan fingerprint density at radius 2 is 1.85 bits per heavy atom. The minimum atomic E-state index is -0.407. The van der Waals surface area contributed by atoms with Crippen LogP contribution < -0.4 is 10.1 Å². The van der Waals surface area contributed by atoms with Crippen molar-refractivity contribution in [3.8, 4) is 22.7 Å². The average Bonchev–Trinajstić information content (AvgIpc) is 3.63. The fourth-order valence-electron chi connectivity index (χ4n) is 4.74. The quantitative estimate of drug-likeness (QED) is 0.312. The Morgan fingerprint density at radius 1 is 1.10 bits per heavy atom. The summed E-state index contributed by atoms with van der Waals surface area (Å²) in [6.45, 7) is 2.65. The maximum atomic E-state index is 13.7. The molecule has 2 amide bonds. The molecule has 1 aromatic heterocycles. The molecule has 4 aromatic rings. The molecule has 0 aliphatic carbocycles. The van der Waals surface area contributed by atoms with Crippen molar-refractivity contribution < 1.29 is 23.5 Å². The highest BCUT2D eigenvalue weighted by Crippen LogP contribution is 2.26. The number of imidazole rings is 1. The summed E-state index contributed by atoms with van der Waals surface area (Å²) in [4.78, 5) is 33.1. The molecule has 1 aliphatic heterocycles. The predicted octanol–water partition coefficient (Wildman–Crippen LogP) is 5.26. The Labute approximate surface area is 232 Å². The van der Waals surface area contributed by atoms with Gasteiger partial charge >= 0.3 is 0 Å². The first-order chi connectivity index (χ1) is 19.4. The summed E-state index contributed by atoms with van der Waals surface area (Å²) in [6, 6.07) is 20.6. The zero-order valence-electron chi connectivity index (χ0n) is 22.5. The van der Waals surface area contributed by atoms with Crippen LogP contribution in [0.15, 0.2) is 79.0 Å². The molecule has 5 rings (SSSR count). The normalized spacial score (nSPS) is 14.6. The SMILES string of the molecule is COc1ccc(-c2cn(-c3ccc(F)cc3)c(NC(=O)CN(C[C@H]3CCCO3)C(=O)c3ccccc3C)n2)cc1. The van der Waals surface area contributed by atoms with Crippen molar-refractivity contribution in [2.45, 2.75) is 25.9 Å². The van der Waals surface area contributed by atoms with Crippen LogP contribution in [0.1, 0.15) is 28.8 Å². The highest BCUT2D eigenvalue weighted by Gasteiger charge is 2.26. The highest BCUT2D eigenvalue weighted by atomic mass is 19.1. The second-order valence-corrected chi connectivity index (χ2v) is 9.71. The molecule has 3 aromatic carbocycles. The minimum absolute atomic E-state index is 0.122. The molecule has 40 heavy (non-hydrogen) atoms. The number of hydrogen-bond acceptors (Lipinski definition) is 5. The molecule has 0 radical (unpaired) electrons. The van der Waals surface area contributed by atoms with Crippen molar-refractivity contribution in [2.75, 3.05) is 32.1 Å². The lowest BCUT2D eigenvalue weighted by Crippen LogP contribution is -2.42. The molecule has 0 spiro atoms. The van der Waals surface area contributed by atoms with Gasteiger partial charge in [0.2, 0.25) is 11.9 Å². The molecule has 2 heterocycles. The molecule has 1 saturated heterocycles. The number of halogens is 1. The molecule has 9 heteroatoms. The van der Waals surface area contributed by atoms with Gasteiger partial charge in [0.1, 0.15) is 18.1 Å². The van der Waals surface area contributed by atoms with E-state index in [9.17, 15) is 14.0 Å². The number of nitrogens with zero attached hydrogens (tertiary/aromatic N) is 3. The maximum absolute atomic E-state index is 13.7. The van der Waals surface area contributed by atoms with Crippen LogP contribution in [0.3, 0.4) is 0 Å². The van der Waals surface area contributed by atoms with Gasteiger partial charge < -0.3 is 14.4 Å². The molecule has 0 saturated carbocycles. The summed E-state index contributed by atoms with van der Waals surface area (Å²) in [5, 5.41) is 2.87. The van der Waals surface area contributed by atoms with Crippen molar-refractivity contribution in [3.63, 3.8) is 0 Å². The Morgan fingerprint density at radius 3 is 2.52 bits per heavy atom. The Balaban J connectivity index is 1.42. The number of ether oxygens (including phenoxy) is 2. The van der Waals surface area contributed by atoms with Crippen LogP contribution in [-0.2, 0) is 9.53 Å². The standard InChI is InChI=1S/C31H31FN4O4/c1-21-6-3-4-8-27(21)30(38)35(18-26-7-5-17-40-26)20-29(37)34-31-33-28(22-9-15-25(39-2)16-10-22)19-36(31)24-13-11-23(32)12-14-24/h3-4,6,8-16,19,26H,5,7,17-18,20H2,1-2H3,(H,33,34,37)/t26-/m1/s1. The fourth-order valence-corrected chi connectivity index (χ4v) is 4.74. The van der Waals surface area contributed by atoms with Crippen LogP contribution in [0.25, 0.3) is 16.9 Å². The number of amides is 2. The van der Waals surface area contributed by atoms with E-state index in [0.717, 1.165) is 24.0 Å². The van der Waals surface area contributed by atoms with Gasteiger partial charge in [0.25, 0.3) is 5.91 Å². The van der Waals surface area contributed by atoms with Crippen molar-refractivity contribution in [1.82, 2.24) is 14.5 Å². The van der Waals surface area contributed by atoms with Gasteiger partial charge in [0.05, 0.1) is 18.9 Å². The van der Waals surface area contributed by atoms with Crippen molar-refractivity contribution in [1.29, 1.82) is 0 Å². The third kappa shape index (κ3) is 6.21. The topological polar surface area (TPSA) is 85.7 Å². The van der Waals surface area contributed by atoms with Crippen LogP contribution in [0.5, 0.6) is 5.75 Å². The van der Waals surface area contributed by atoms with E-state index in [-0.39, 0.29) is 30.3 Å². The van der Waals surface area contributed by atoms with Crippen molar-refractivity contribution >= 4 is 17.8 Å². The van der Waals surface area contributed by atoms with Gasteiger partial charge in [0.15, 0.2) is 0 Å². The van der Waals surface area contributed by atoms with Gasteiger partial charge in [-0.2, -0.15) is 0 Å². The van der Waals surface area contributed by atoms with Crippen molar-refractivity contribution in [3.05, 3.63) is 95.9 Å². The molecule has 0 unspecified atom stereocenters. The zero-order chi connectivity index (χ0) is 28.1. The molecule has 1 atom stereocenters. The number of aromatic nitrogens is 2. The number of nitrogens with one attached hydrogen (secondary N) is 1. The van der Waals surface area contributed by atoms with E-state index in [1.165, 1.54) is 17.0 Å². The molecular formula is C31H31FN4O4. The second kappa shape index (κ2) is 12.1. The Hall–Kier alpha value is -4.50. The fraction of sp³-hybridized carbons (Fsp3) is 0.258. The maximum Gasteiger partial charge on any atom is 0.254 e. The number of aryl methyl sites for hydroxylation is 1. The van der Waals surface area contributed by atoms with E-state index >= 15 is 0 Å². The molecule has 8 nitrogen and oxygen atoms in total. The van der Waals surface area contributed by atoms with Crippen LogP contribution in [0, 0.1) is 12.7 Å². The largest absolute Gasteiger partial charge is 0.497 e. The first-order valence-electron chi connectivity index (χ1n) is 13.2. The summed E-state index contributed by atoms with van der Waals surface area (Å²) < 4.78 is 26.4. The molecule has 1 N–H and O–H groups in total. The van der Waals surface area contributed by atoms with E-state index in [1.807, 2.05) is 49.4 Å². The molecule has 0 bridgehead atoms. The number of anilines is 1. The number of methoxy groups -OCH3 is 1. The Bertz CT molecular complexity index is 1480. The second-order valence-electron chi connectivity index (χ2n) is 9.71. The number of carbonyl (C=O) groups excluding carboxylic acids is 2. The Kier molecular flexibility index (Phi) is 8.21. The van der Waals surface area contributed by atoms with E-state index < -0.39 is 5.91 Å². The first-order valence-corrected chi connectivity index (χ1v) is 13.2. The van der Waals surface area contributed by atoms with Crippen LogP contribution in [0.4, 0.5) is 10.3 Å². The minimum Gasteiger partial charge on any atom is -0.497 e. The third-order valence-electron chi connectivity index (χ3n) is 6.89. The zero-order valence-corrected chi connectivity index (χ0v) is 22.5. The van der Waals surface area contributed by atoms with Gasteiger partial charge in [-0.3, -0.25) is 19.5 Å². The van der Waals surface area contributed by atoms with Gasteiger partial charge in [-0.15, -0.1) is 0 Å². The summed E-state index contributed by atoms with van der Waals surface area (Å²) in [6.07, 6.45) is 3.41. The number of rotatable bonds is 9. The van der Waals surface area contributed by atoms with Crippen LogP contribution in [-0.4, -0.2) is 59.2 Å². The number of benzene rings is 3. The summed E-state index contributed by atoms with van der Waals surface area (Å²) in [7, 11) is 1.60. The lowest BCUT2D eigenvalue weighted by atomic mass is 10.1. The smallest absolute Gasteiger partial charge is 0.254 e. The van der Waals surface area contributed by atoms with Crippen molar-refractivity contribution in [2.24, 2.45) is 0 Å². The monoisotopic (exact) mass is 542 g/mol. The van der Waals surface area contributed by atoms with Crippen LogP contribution in [0.2, 0.25) is 0 Å².